The first kappa shape index (κ1) is 23.6. The Balaban J connectivity index is 1.07. The van der Waals surface area contributed by atoms with Gasteiger partial charge < -0.3 is 19.1 Å². The summed E-state index contributed by atoms with van der Waals surface area (Å²) in [5.74, 6) is 0.0321. The molecule has 1 aromatic heterocycles. The molecule has 0 saturated carbocycles. The van der Waals surface area contributed by atoms with Crippen molar-refractivity contribution in [3.63, 3.8) is 0 Å². The van der Waals surface area contributed by atoms with Gasteiger partial charge in [0.2, 0.25) is 5.91 Å². The Kier molecular flexibility index (Phi) is 5.89. The number of rotatable bonds is 4. The highest BCUT2D eigenvalue weighted by molar-refractivity contribution is 5.98. The van der Waals surface area contributed by atoms with Crippen molar-refractivity contribution in [1.82, 2.24) is 19.3 Å². The van der Waals surface area contributed by atoms with Crippen LogP contribution in [0.3, 0.4) is 0 Å². The van der Waals surface area contributed by atoms with Crippen molar-refractivity contribution in [2.75, 3.05) is 39.3 Å². The van der Waals surface area contributed by atoms with Crippen molar-refractivity contribution >= 4 is 28.8 Å². The Hall–Kier alpha value is -3.81. The average molecular weight is 501 g/mol. The number of hydrogen-bond donors (Lipinski definition) is 0. The number of ether oxygens (including phenoxy) is 1. The van der Waals surface area contributed by atoms with E-state index >= 15 is 0 Å². The smallest absolute Gasteiger partial charge is 0.410 e. The van der Waals surface area contributed by atoms with E-state index in [1.165, 1.54) is 0 Å². The van der Waals surface area contributed by atoms with Crippen molar-refractivity contribution in [1.29, 1.82) is 0 Å². The van der Waals surface area contributed by atoms with E-state index in [9.17, 15) is 14.4 Å². The molecular weight excluding hydrogens is 468 g/mol. The molecule has 192 valence electrons. The van der Waals surface area contributed by atoms with Crippen molar-refractivity contribution in [3.8, 4) is 0 Å². The second-order valence-electron chi connectivity index (χ2n) is 10.6. The maximum Gasteiger partial charge on any atom is 0.410 e. The summed E-state index contributed by atoms with van der Waals surface area (Å²) in [6, 6.07) is 19.5. The first-order valence-corrected chi connectivity index (χ1v) is 13.0. The average Bonchev–Trinajstić information content (AvgIpc) is 3.61. The number of likely N-dealkylation sites (tertiary alicyclic amines) is 2. The van der Waals surface area contributed by atoms with Crippen molar-refractivity contribution in [3.05, 3.63) is 71.9 Å². The Morgan fingerprint density at radius 3 is 2.35 bits per heavy atom. The summed E-state index contributed by atoms with van der Waals surface area (Å²) in [5.41, 5.74) is 2.78. The number of fused-ring (bicyclic) bond motifs is 1. The molecule has 0 aliphatic carbocycles. The molecule has 3 aromatic rings. The molecule has 2 aromatic carbocycles. The quantitative estimate of drug-likeness (QED) is 0.546. The first-order valence-electron chi connectivity index (χ1n) is 13.0. The minimum Gasteiger partial charge on any atom is -0.447 e. The molecule has 3 amide bonds. The van der Waals surface area contributed by atoms with Gasteiger partial charge in [-0.25, -0.2) is 4.79 Å². The predicted molar refractivity (Wildman–Crippen MR) is 139 cm³/mol. The SMILES string of the molecule is Cn1c(C(=O)N2CCC3(CCN(C(=O)CN4C(=O)OCC4c4ccccc4)C3)CC2)cc2ccccc21. The van der Waals surface area contributed by atoms with Crippen molar-refractivity contribution in [2.45, 2.75) is 25.3 Å². The van der Waals surface area contributed by atoms with Gasteiger partial charge in [-0.2, -0.15) is 0 Å². The molecule has 6 rings (SSSR count). The summed E-state index contributed by atoms with van der Waals surface area (Å²) < 4.78 is 7.26. The van der Waals surface area contributed by atoms with Gasteiger partial charge in [-0.1, -0.05) is 48.5 Å². The summed E-state index contributed by atoms with van der Waals surface area (Å²) in [4.78, 5) is 44.4. The number of aryl methyl sites for hydroxylation is 1. The number of carbonyl (C=O) groups excluding carboxylic acids is 3. The van der Waals surface area contributed by atoms with E-state index in [0.29, 0.717) is 31.9 Å². The lowest BCUT2D eigenvalue weighted by molar-refractivity contribution is -0.131. The largest absolute Gasteiger partial charge is 0.447 e. The van der Waals surface area contributed by atoms with Crippen LogP contribution >= 0.6 is 0 Å². The van der Waals surface area contributed by atoms with Gasteiger partial charge in [-0.3, -0.25) is 14.5 Å². The highest BCUT2D eigenvalue weighted by Gasteiger charge is 2.44. The van der Waals surface area contributed by atoms with E-state index in [1.54, 1.807) is 4.90 Å². The van der Waals surface area contributed by atoms with Gasteiger partial charge in [-0.15, -0.1) is 0 Å². The number of para-hydroxylation sites is 1. The van der Waals surface area contributed by atoms with Crippen LogP contribution in [0.25, 0.3) is 10.9 Å². The zero-order valence-corrected chi connectivity index (χ0v) is 21.1. The number of amides is 3. The lowest BCUT2D eigenvalue weighted by atomic mass is 9.77. The molecule has 0 N–H and O–H groups in total. The topological polar surface area (TPSA) is 75.1 Å². The maximum atomic E-state index is 13.3. The fourth-order valence-corrected chi connectivity index (χ4v) is 6.22. The number of cyclic esters (lactones) is 1. The molecule has 3 saturated heterocycles. The van der Waals surface area contributed by atoms with Crippen LogP contribution in [0.2, 0.25) is 0 Å². The van der Waals surface area contributed by atoms with Crippen LogP contribution in [0.5, 0.6) is 0 Å². The van der Waals surface area contributed by atoms with Gasteiger partial charge in [-0.05, 0) is 42.4 Å². The van der Waals surface area contributed by atoms with Crippen LogP contribution < -0.4 is 0 Å². The molecule has 3 aliphatic rings. The first-order chi connectivity index (χ1) is 17.9. The standard InChI is InChI=1S/C29H32N4O4/c1-30-23-10-6-5-9-22(23)17-24(30)27(35)31-14-11-29(12-15-31)13-16-32(20-29)26(34)18-33-25(19-37-28(33)36)21-7-3-2-4-8-21/h2-10,17,25H,11-16,18-20H2,1H3. The highest BCUT2D eigenvalue weighted by atomic mass is 16.6. The summed E-state index contributed by atoms with van der Waals surface area (Å²) in [6.07, 6.45) is 2.26. The Morgan fingerprint density at radius 1 is 0.946 bits per heavy atom. The van der Waals surface area contributed by atoms with Crippen molar-refractivity contribution < 1.29 is 19.1 Å². The van der Waals surface area contributed by atoms with Gasteiger partial charge in [0.1, 0.15) is 18.8 Å². The summed E-state index contributed by atoms with van der Waals surface area (Å²) in [7, 11) is 1.94. The number of carbonyl (C=O) groups is 3. The molecule has 0 radical (unpaired) electrons. The lowest BCUT2D eigenvalue weighted by Gasteiger charge is -2.39. The predicted octanol–water partition coefficient (Wildman–Crippen LogP) is 3.83. The van der Waals surface area contributed by atoms with E-state index < -0.39 is 6.09 Å². The molecule has 3 fully saturated rings. The van der Waals surface area contributed by atoms with Gasteiger partial charge in [0.05, 0.1) is 6.04 Å². The van der Waals surface area contributed by atoms with Gasteiger partial charge in [0, 0.05) is 44.1 Å². The second kappa shape index (κ2) is 9.25. The molecule has 3 aliphatic heterocycles. The van der Waals surface area contributed by atoms with Gasteiger partial charge >= 0.3 is 6.09 Å². The van der Waals surface area contributed by atoms with Crippen LogP contribution in [-0.2, 0) is 16.6 Å². The molecule has 8 heteroatoms. The molecule has 37 heavy (non-hydrogen) atoms. The third kappa shape index (κ3) is 4.24. The Bertz CT molecular complexity index is 1340. The second-order valence-corrected chi connectivity index (χ2v) is 10.6. The minimum absolute atomic E-state index is 0.0279. The summed E-state index contributed by atoms with van der Waals surface area (Å²) in [5, 5.41) is 1.07. The van der Waals surface area contributed by atoms with E-state index in [4.69, 9.17) is 4.74 Å². The lowest BCUT2D eigenvalue weighted by Crippen LogP contribution is -2.46. The third-order valence-corrected chi connectivity index (χ3v) is 8.54. The third-order valence-electron chi connectivity index (χ3n) is 8.54. The number of aromatic nitrogens is 1. The molecule has 0 bridgehead atoms. The van der Waals surface area contributed by atoms with Crippen LogP contribution in [0.15, 0.2) is 60.7 Å². The monoisotopic (exact) mass is 500 g/mol. The number of hydrogen-bond acceptors (Lipinski definition) is 4. The molecule has 4 heterocycles. The number of nitrogens with zero attached hydrogens (tertiary/aromatic N) is 4. The van der Waals surface area contributed by atoms with Gasteiger partial charge in [0.25, 0.3) is 5.91 Å². The van der Waals surface area contributed by atoms with Crippen LogP contribution in [0.1, 0.15) is 41.4 Å². The summed E-state index contributed by atoms with van der Waals surface area (Å²) >= 11 is 0. The fraction of sp³-hybridized carbons (Fsp3) is 0.414. The van der Waals surface area contributed by atoms with Crippen LogP contribution in [0.4, 0.5) is 4.79 Å². The molecule has 1 atom stereocenters. The van der Waals surface area contributed by atoms with Crippen LogP contribution in [0, 0.1) is 5.41 Å². The minimum atomic E-state index is -0.434. The van der Waals surface area contributed by atoms with Crippen LogP contribution in [-0.4, -0.2) is 76.5 Å². The normalized spacial score (nSPS) is 21.2. The molecule has 8 nitrogen and oxygen atoms in total. The van der Waals surface area contributed by atoms with E-state index in [0.717, 1.165) is 35.7 Å². The summed E-state index contributed by atoms with van der Waals surface area (Å²) in [6.45, 7) is 3.05. The fourth-order valence-electron chi connectivity index (χ4n) is 6.22. The molecule has 1 unspecified atom stereocenters. The Morgan fingerprint density at radius 2 is 1.62 bits per heavy atom. The molecular formula is C29H32N4O4. The van der Waals surface area contributed by atoms with E-state index in [1.807, 2.05) is 82.1 Å². The van der Waals surface area contributed by atoms with Crippen molar-refractivity contribution in [2.24, 2.45) is 12.5 Å². The zero-order valence-electron chi connectivity index (χ0n) is 21.1. The number of benzene rings is 2. The maximum absolute atomic E-state index is 13.3. The zero-order chi connectivity index (χ0) is 25.6. The highest BCUT2D eigenvalue weighted by Crippen LogP contribution is 2.41. The molecule has 1 spiro atoms. The number of piperidine rings is 1. The van der Waals surface area contributed by atoms with E-state index in [-0.39, 0.29) is 36.4 Å². The van der Waals surface area contributed by atoms with Gasteiger partial charge in [0.15, 0.2) is 0 Å². The Labute approximate surface area is 216 Å². The van der Waals surface area contributed by atoms with E-state index in [2.05, 4.69) is 0 Å².